The molecule has 0 saturated carbocycles. The molecular formula is C31H35N7O. The number of carbonyl (C=O) groups excluding carboxylic acids is 1. The number of benzene rings is 2. The fourth-order valence-electron chi connectivity index (χ4n) is 4.78. The Morgan fingerprint density at radius 1 is 0.974 bits per heavy atom. The second-order valence-electron chi connectivity index (χ2n) is 10.3. The molecule has 0 aliphatic carbocycles. The van der Waals surface area contributed by atoms with Crippen molar-refractivity contribution < 1.29 is 4.79 Å². The van der Waals surface area contributed by atoms with Crippen molar-refractivity contribution in [2.24, 2.45) is 5.92 Å². The van der Waals surface area contributed by atoms with Crippen LogP contribution in [-0.2, 0) is 0 Å². The molecule has 3 heterocycles. The second kappa shape index (κ2) is 12.0. The summed E-state index contributed by atoms with van der Waals surface area (Å²) in [5.74, 6) is 0.979. The van der Waals surface area contributed by atoms with Crippen molar-refractivity contribution in [1.82, 2.24) is 19.9 Å². The van der Waals surface area contributed by atoms with Crippen LogP contribution < -0.4 is 15.5 Å². The maximum Gasteiger partial charge on any atom is 0.255 e. The molecule has 0 spiro atoms. The Balaban J connectivity index is 1.22. The van der Waals surface area contributed by atoms with E-state index in [-0.39, 0.29) is 5.91 Å². The molecule has 2 N–H and O–H groups in total. The number of amides is 1. The molecule has 0 radical (unpaired) electrons. The van der Waals surface area contributed by atoms with Crippen LogP contribution in [-0.4, -0.2) is 58.5 Å². The van der Waals surface area contributed by atoms with E-state index in [0.29, 0.717) is 17.4 Å². The third-order valence-electron chi connectivity index (χ3n) is 6.85. The van der Waals surface area contributed by atoms with Crippen molar-refractivity contribution in [2.45, 2.75) is 20.8 Å². The molecule has 39 heavy (non-hydrogen) atoms. The number of hydrogen-bond donors (Lipinski definition) is 2. The van der Waals surface area contributed by atoms with Gasteiger partial charge >= 0.3 is 0 Å². The Morgan fingerprint density at radius 3 is 2.49 bits per heavy atom. The second-order valence-corrected chi connectivity index (χ2v) is 10.3. The lowest BCUT2D eigenvalue weighted by Gasteiger charge is -2.36. The predicted molar refractivity (Wildman–Crippen MR) is 158 cm³/mol. The molecule has 0 unspecified atom stereocenters. The molecule has 4 aromatic rings. The molecule has 1 aliphatic heterocycles. The number of aromatic nitrogens is 3. The molecule has 8 heteroatoms. The van der Waals surface area contributed by atoms with Gasteiger partial charge in [-0.05, 0) is 73.0 Å². The number of piperazine rings is 1. The Hall–Kier alpha value is -4.30. The zero-order valence-corrected chi connectivity index (χ0v) is 22.8. The highest BCUT2D eigenvalue weighted by Crippen LogP contribution is 2.24. The Bertz CT molecular complexity index is 1400. The molecule has 5 rings (SSSR count). The number of aryl methyl sites for hydroxylation is 1. The van der Waals surface area contributed by atoms with E-state index in [1.165, 1.54) is 5.69 Å². The number of nitrogens with zero attached hydrogens (tertiary/aromatic N) is 5. The smallest absolute Gasteiger partial charge is 0.255 e. The van der Waals surface area contributed by atoms with Gasteiger partial charge in [0.05, 0.1) is 5.69 Å². The van der Waals surface area contributed by atoms with Crippen LogP contribution in [0.4, 0.5) is 23.0 Å². The third kappa shape index (κ3) is 6.78. The first kappa shape index (κ1) is 26.3. The maximum absolute atomic E-state index is 13.1. The van der Waals surface area contributed by atoms with Crippen LogP contribution >= 0.6 is 0 Å². The normalized spacial score (nSPS) is 13.9. The van der Waals surface area contributed by atoms with Crippen molar-refractivity contribution in [3.63, 3.8) is 0 Å². The van der Waals surface area contributed by atoms with Crippen molar-refractivity contribution in [1.29, 1.82) is 0 Å². The average Bonchev–Trinajstić information content (AvgIpc) is 2.95. The topological polar surface area (TPSA) is 86.3 Å². The lowest BCUT2D eigenvalue weighted by Crippen LogP contribution is -2.47. The highest BCUT2D eigenvalue weighted by Gasteiger charge is 2.18. The standard InChI is InChI=1S/C31H35N7O/c1-22(2)21-37-15-17-38(18-16-37)27-10-8-26(9-11-27)34-30(39)24-7-6-23(3)29(19-24)36-31-33-14-12-28(35-31)25-5-4-13-32-20-25/h4-14,19-20,22H,15-18,21H2,1-3H3,(H,34,39)(H,33,35,36). The molecule has 1 saturated heterocycles. The zero-order chi connectivity index (χ0) is 27.2. The Labute approximate surface area is 230 Å². The summed E-state index contributed by atoms with van der Waals surface area (Å²) in [4.78, 5) is 31.2. The number of nitrogens with one attached hydrogen (secondary N) is 2. The van der Waals surface area contributed by atoms with Crippen LogP contribution in [0.25, 0.3) is 11.3 Å². The number of hydrogen-bond acceptors (Lipinski definition) is 7. The summed E-state index contributed by atoms with van der Waals surface area (Å²) in [6.45, 7) is 11.9. The largest absolute Gasteiger partial charge is 0.369 e. The van der Waals surface area contributed by atoms with Crippen molar-refractivity contribution >= 4 is 28.9 Å². The summed E-state index contributed by atoms with van der Waals surface area (Å²) in [6.07, 6.45) is 5.20. The van der Waals surface area contributed by atoms with Gasteiger partial charge in [0.15, 0.2) is 0 Å². The van der Waals surface area contributed by atoms with Crippen LogP contribution in [0.5, 0.6) is 0 Å². The van der Waals surface area contributed by atoms with Gasteiger partial charge in [-0.15, -0.1) is 0 Å². The van der Waals surface area contributed by atoms with Gasteiger partial charge in [-0.1, -0.05) is 19.9 Å². The van der Waals surface area contributed by atoms with Crippen molar-refractivity contribution in [3.05, 3.63) is 90.4 Å². The molecule has 1 fully saturated rings. The summed E-state index contributed by atoms with van der Waals surface area (Å²) in [7, 11) is 0. The van der Waals surface area contributed by atoms with Crippen LogP contribution in [0.1, 0.15) is 29.8 Å². The molecular weight excluding hydrogens is 486 g/mol. The summed E-state index contributed by atoms with van der Waals surface area (Å²) in [6, 6.07) is 19.4. The molecule has 8 nitrogen and oxygen atoms in total. The fraction of sp³-hybridized carbons (Fsp3) is 0.290. The van der Waals surface area contributed by atoms with Crippen LogP contribution in [0.3, 0.4) is 0 Å². The van der Waals surface area contributed by atoms with Gasteiger partial charge in [-0.25, -0.2) is 9.97 Å². The number of carbonyl (C=O) groups is 1. The van der Waals surface area contributed by atoms with Crippen LogP contribution in [0.2, 0.25) is 0 Å². The number of pyridine rings is 1. The molecule has 0 atom stereocenters. The minimum Gasteiger partial charge on any atom is -0.369 e. The average molecular weight is 522 g/mol. The summed E-state index contributed by atoms with van der Waals surface area (Å²) >= 11 is 0. The highest BCUT2D eigenvalue weighted by atomic mass is 16.1. The van der Waals surface area contributed by atoms with E-state index in [1.54, 1.807) is 18.6 Å². The molecule has 200 valence electrons. The van der Waals surface area contributed by atoms with Gasteiger partial charge < -0.3 is 15.5 Å². The van der Waals surface area contributed by atoms with Gasteiger partial charge in [0.2, 0.25) is 5.95 Å². The maximum atomic E-state index is 13.1. The molecule has 0 bridgehead atoms. The van der Waals surface area contributed by atoms with E-state index < -0.39 is 0 Å². The lowest BCUT2D eigenvalue weighted by atomic mass is 10.1. The van der Waals surface area contributed by atoms with Gasteiger partial charge in [0.1, 0.15) is 0 Å². The van der Waals surface area contributed by atoms with E-state index >= 15 is 0 Å². The van der Waals surface area contributed by atoms with Crippen LogP contribution in [0.15, 0.2) is 79.3 Å². The Morgan fingerprint density at radius 2 is 1.77 bits per heavy atom. The summed E-state index contributed by atoms with van der Waals surface area (Å²) in [5, 5.41) is 6.29. The zero-order valence-electron chi connectivity index (χ0n) is 22.8. The summed E-state index contributed by atoms with van der Waals surface area (Å²) in [5.41, 5.74) is 5.95. The number of anilines is 4. The van der Waals surface area contributed by atoms with E-state index in [2.05, 4.69) is 61.4 Å². The van der Waals surface area contributed by atoms with Gasteiger partial charge in [0, 0.05) is 79.5 Å². The first-order chi connectivity index (χ1) is 18.9. The quantitative estimate of drug-likeness (QED) is 0.311. The van der Waals surface area contributed by atoms with E-state index in [1.807, 2.05) is 55.5 Å². The summed E-state index contributed by atoms with van der Waals surface area (Å²) < 4.78 is 0. The van der Waals surface area contributed by atoms with Gasteiger partial charge in [0.25, 0.3) is 5.91 Å². The first-order valence-corrected chi connectivity index (χ1v) is 13.4. The van der Waals surface area contributed by atoms with E-state index in [4.69, 9.17) is 0 Å². The lowest BCUT2D eigenvalue weighted by molar-refractivity contribution is 0.102. The SMILES string of the molecule is Cc1ccc(C(=O)Nc2ccc(N3CCN(CC(C)C)CC3)cc2)cc1Nc1nccc(-c2cccnc2)n1. The van der Waals surface area contributed by atoms with Crippen LogP contribution in [0, 0.1) is 12.8 Å². The third-order valence-corrected chi connectivity index (χ3v) is 6.85. The minimum absolute atomic E-state index is 0.168. The van der Waals surface area contributed by atoms with Crippen molar-refractivity contribution in [3.8, 4) is 11.3 Å². The number of rotatable bonds is 8. The van der Waals surface area contributed by atoms with Crippen molar-refractivity contribution in [2.75, 3.05) is 48.3 Å². The minimum atomic E-state index is -0.168. The fourth-order valence-corrected chi connectivity index (χ4v) is 4.78. The molecule has 1 aliphatic rings. The van der Waals surface area contributed by atoms with Gasteiger partial charge in [-0.2, -0.15) is 0 Å². The molecule has 1 amide bonds. The monoisotopic (exact) mass is 521 g/mol. The Kier molecular flexibility index (Phi) is 8.13. The van der Waals surface area contributed by atoms with E-state index in [9.17, 15) is 4.79 Å². The molecule has 2 aromatic heterocycles. The van der Waals surface area contributed by atoms with Gasteiger partial charge in [-0.3, -0.25) is 14.7 Å². The first-order valence-electron chi connectivity index (χ1n) is 13.4. The highest BCUT2D eigenvalue weighted by molar-refractivity contribution is 6.05. The molecule has 2 aromatic carbocycles. The van der Waals surface area contributed by atoms with E-state index in [0.717, 1.165) is 60.9 Å². The predicted octanol–water partition coefficient (Wildman–Crippen LogP) is 5.62.